The number of hydrogen-bond acceptors (Lipinski definition) is 9. The van der Waals surface area contributed by atoms with Crippen LogP contribution in [0, 0.1) is 6.92 Å². The summed E-state index contributed by atoms with van der Waals surface area (Å²) in [5, 5.41) is 12.0. The van der Waals surface area contributed by atoms with Crippen LogP contribution < -0.4 is 10.1 Å². The Bertz CT molecular complexity index is 1710. The van der Waals surface area contributed by atoms with Crippen molar-refractivity contribution in [1.29, 1.82) is 0 Å². The molecule has 0 saturated heterocycles. The molecule has 10 nitrogen and oxygen atoms in total. The van der Waals surface area contributed by atoms with Crippen LogP contribution in [0.1, 0.15) is 16.1 Å². The molecule has 0 fully saturated rings. The quantitative estimate of drug-likeness (QED) is 0.341. The molecule has 0 aliphatic heterocycles. The molecule has 6 rings (SSSR count). The van der Waals surface area contributed by atoms with Gasteiger partial charge in [-0.3, -0.25) is 9.20 Å². The largest absolute Gasteiger partial charge is 0.453 e. The van der Waals surface area contributed by atoms with Crippen LogP contribution in [0.25, 0.3) is 27.9 Å². The Balaban J connectivity index is 1.28. The summed E-state index contributed by atoms with van der Waals surface area (Å²) in [6.45, 7) is 1.95. The van der Waals surface area contributed by atoms with Crippen molar-refractivity contribution in [2.75, 3.05) is 5.32 Å². The fourth-order valence-electron chi connectivity index (χ4n) is 3.74. The van der Waals surface area contributed by atoms with Crippen LogP contribution in [0.2, 0.25) is 0 Å². The van der Waals surface area contributed by atoms with E-state index >= 15 is 0 Å². The van der Waals surface area contributed by atoms with E-state index in [1.54, 1.807) is 35.3 Å². The summed E-state index contributed by atoms with van der Waals surface area (Å²) >= 11 is 0. The second-order valence-corrected chi connectivity index (χ2v) is 7.80. The van der Waals surface area contributed by atoms with Crippen LogP contribution in [0.3, 0.4) is 0 Å². The first-order valence-electron chi connectivity index (χ1n) is 10.7. The number of ether oxygens (including phenoxy) is 1. The van der Waals surface area contributed by atoms with E-state index in [4.69, 9.17) is 9.15 Å². The van der Waals surface area contributed by atoms with E-state index in [1.165, 1.54) is 6.33 Å². The Kier molecular flexibility index (Phi) is 4.88. The van der Waals surface area contributed by atoms with Gasteiger partial charge in [-0.1, -0.05) is 0 Å². The van der Waals surface area contributed by atoms with E-state index in [2.05, 4.69) is 30.5 Å². The second kappa shape index (κ2) is 8.34. The van der Waals surface area contributed by atoms with Crippen LogP contribution in [-0.2, 0) is 0 Å². The number of hydrogen-bond donors (Lipinski definition) is 1. The van der Waals surface area contributed by atoms with Gasteiger partial charge in [0.05, 0.1) is 5.52 Å². The van der Waals surface area contributed by atoms with Crippen molar-refractivity contribution in [2.45, 2.75) is 6.92 Å². The summed E-state index contributed by atoms with van der Waals surface area (Å²) in [7, 11) is 0. The molecule has 10 heteroatoms. The Morgan fingerprint density at radius 3 is 2.80 bits per heavy atom. The number of benzene rings is 2. The maximum Gasteiger partial charge on any atom is 0.224 e. The zero-order valence-corrected chi connectivity index (χ0v) is 18.4. The van der Waals surface area contributed by atoms with Gasteiger partial charge in [0.25, 0.3) is 0 Å². The molecule has 0 amide bonds. The molecule has 2 aromatic carbocycles. The van der Waals surface area contributed by atoms with Gasteiger partial charge < -0.3 is 14.5 Å². The third kappa shape index (κ3) is 3.93. The summed E-state index contributed by atoms with van der Waals surface area (Å²) in [5.41, 5.74) is 4.00. The summed E-state index contributed by atoms with van der Waals surface area (Å²) < 4.78 is 13.2. The summed E-state index contributed by atoms with van der Waals surface area (Å²) in [5.74, 6) is 2.62. The molecule has 0 bridgehead atoms. The predicted molar refractivity (Wildman–Crippen MR) is 128 cm³/mol. The lowest BCUT2D eigenvalue weighted by molar-refractivity contribution is 0.110. The van der Waals surface area contributed by atoms with E-state index in [9.17, 15) is 4.79 Å². The summed E-state index contributed by atoms with van der Waals surface area (Å²) in [4.78, 5) is 24.1. The van der Waals surface area contributed by atoms with Gasteiger partial charge in [-0.15, -0.1) is 10.2 Å². The van der Waals surface area contributed by atoms with Crippen LogP contribution in [0.4, 0.5) is 11.5 Å². The number of aryl methyl sites for hydroxylation is 1. The van der Waals surface area contributed by atoms with Gasteiger partial charge in [-0.2, -0.15) is 0 Å². The third-order valence-corrected chi connectivity index (χ3v) is 5.48. The van der Waals surface area contributed by atoms with Crippen molar-refractivity contribution in [3.63, 3.8) is 0 Å². The number of nitrogens with zero attached hydrogens (tertiary/aromatic N) is 6. The maximum absolute atomic E-state index is 11.0. The monoisotopic (exact) mass is 463 g/mol. The standard InChI is InChI=1S/C25H17N7O3/c1-15-8-17(3-6-21(15)35-24-10-23-31-29-14-32(23)13-28-24)30-25-19-9-16(2-5-20(19)26-12-27-25)22-7-4-18(11-33)34-22/h2-14H,1H3,(H,26,27,30). The average molecular weight is 463 g/mol. The predicted octanol–water partition coefficient (Wildman–Crippen LogP) is 4.98. The maximum atomic E-state index is 11.0. The fraction of sp³-hybridized carbons (Fsp3) is 0.0400. The number of furan rings is 1. The van der Waals surface area contributed by atoms with E-state index < -0.39 is 0 Å². The van der Waals surface area contributed by atoms with Crippen LogP contribution in [-0.4, -0.2) is 35.8 Å². The highest BCUT2D eigenvalue weighted by atomic mass is 16.5. The molecule has 0 saturated carbocycles. The molecule has 0 atom stereocenters. The molecule has 0 aliphatic rings. The van der Waals surface area contributed by atoms with Crippen molar-refractivity contribution in [3.8, 4) is 23.0 Å². The molecule has 35 heavy (non-hydrogen) atoms. The molecule has 0 spiro atoms. The minimum Gasteiger partial charge on any atom is -0.453 e. The Labute approximate surface area is 198 Å². The highest BCUT2D eigenvalue weighted by Crippen LogP contribution is 2.31. The van der Waals surface area contributed by atoms with Gasteiger partial charge in [0.15, 0.2) is 17.7 Å². The molecule has 0 radical (unpaired) electrons. The van der Waals surface area contributed by atoms with Gasteiger partial charge in [0, 0.05) is 22.7 Å². The first-order chi connectivity index (χ1) is 17.2. The van der Waals surface area contributed by atoms with Crippen LogP contribution in [0.5, 0.6) is 11.6 Å². The lowest BCUT2D eigenvalue weighted by Gasteiger charge is -2.12. The molecule has 1 N–H and O–H groups in total. The Hall–Kier alpha value is -5.12. The van der Waals surface area contributed by atoms with E-state index in [0.717, 1.165) is 27.7 Å². The normalized spacial score (nSPS) is 11.1. The molecule has 6 aromatic rings. The van der Waals surface area contributed by atoms with Crippen molar-refractivity contribution >= 4 is 34.3 Å². The zero-order valence-electron chi connectivity index (χ0n) is 18.4. The number of rotatable bonds is 6. The first kappa shape index (κ1) is 20.5. The number of aromatic nitrogens is 6. The zero-order chi connectivity index (χ0) is 23.8. The summed E-state index contributed by atoms with van der Waals surface area (Å²) in [6, 6.07) is 16.6. The lowest BCUT2D eigenvalue weighted by atomic mass is 10.1. The van der Waals surface area contributed by atoms with E-state index in [-0.39, 0.29) is 5.76 Å². The van der Waals surface area contributed by atoms with Crippen LogP contribution in [0.15, 0.2) is 78.0 Å². The van der Waals surface area contributed by atoms with Crippen molar-refractivity contribution < 1.29 is 13.9 Å². The SMILES string of the molecule is Cc1cc(Nc2ncnc3ccc(-c4ccc(C=O)o4)cc23)ccc1Oc1cc2nncn2cn1. The number of aldehydes is 1. The minimum absolute atomic E-state index is 0.275. The van der Waals surface area contributed by atoms with Crippen molar-refractivity contribution in [3.05, 3.63) is 84.9 Å². The number of carbonyl (C=O) groups is 1. The van der Waals surface area contributed by atoms with E-state index in [0.29, 0.717) is 35.1 Å². The second-order valence-electron chi connectivity index (χ2n) is 7.80. The van der Waals surface area contributed by atoms with Gasteiger partial charge in [0.1, 0.15) is 36.3 Å². The van der Waals surface area contributed by atoms with Crippen molar-refractivity contribution in [1.82, 2.24) is 29.5 Å². The van der Waals surface area contributed by atoms with Gasteiger partial charge in [-0.25, -0.2) is 15.0 Å². The Morgan fingerprint density at radius 2 is 1.94 bits per heavy atom. The number of fused-ring (bicyclic) bond motifs is 2. The molecule has 170 valence electrons. The highest BCUT2D eigenvalue weighted by Gasteiger charge is 2.11. The van der Waals surface area contributed by atoms with E-state index in [1.807, 2.05) is 43.3 Å². The minimum atomic E-state index is 0.275. The average Bonchev–Trinajstić information content (AvgIpc) is 3.55. The van der Waals surface area contributed by atoms with Gasteiger partial charge in [0.2, 0.25) is 5.88 Å². The van der Waals surface area contributed by atoms with Crippen LogP contribution >= 0.6 is 0 Å². The topological polar surface area (TPSA) is 120 Å². The highest BCUT2D eigenvalue weighted by molar-refractivity contribution is 5.93. The number of anilines is 2. The number of nitrogens with one attached hydrogen (secondary N) is 1. The molecular formula is C25H17N7O3. The fourth-order valence-corrected chi connectivity index (χ4v) is 3.74. The molecular weight excluding hydrogens is 446 g/mol. The van der Waals surface area contributed by atoms with Crippen molar-refractivity contribution in [2.24, 2.45) is 0 Å². The lowest BCUT2D eigenvalue weighted by Crippen LogP contribution is -1.98. The molecule has 0 unspecified atom stereocenters. The summed E-state index contributed by atoms with van der Waals surface area (Å²) in [6.07, 6.45) is 5.37. The smallest absolute Gasteiger partial charge is 0.224 e. The Morgan fingerprint density at radius 1 is 1.00 bits per heavy atom. The van der Waals surface area contributed by atoms with Gasteiger partial charge >= 0.3 is 0 Å². The molecule has 0 aliphatic carbocycles. The number of carbonyl (C=O) groups excluding carboxylic acids is 1. The first-order valence-corrected chi connectivity index (χ1v) is 10.7. The third-order valence-electron chi connectivity index (χ3n) is 5.48. The molecule has 4 heterocycles. The van der Waals surface area contributed by atoms with Gasteiger partial charge in [-0.05, 0) is 61.0 Å². The molecule has 4 aromatic heterocycles.